The summed E-state index contributed by atoms with van der Waals surface area (Å²) in [6, 6.07) is 11.3. The lowest BCUT2D eigenvalue weighted by atomic mass is 10.1. The van der Waals surface area contributed by atoms with Crippen molar-refractivity contribution in [2.75, 3.05) is 11.9 Å². The first-order chi connectivity index (χ1) is 11.7. The third-order valence-corrected chi connectivity index (χ3v) is 4.29. The first-order valence-corrected chi connectivity index (χ1v) is 8.04. The van der Waals surface area contributed by atoms with Crippen LogP contribution in [-0.2, 0) is 6.54 Å². The van der Waals surface area contributed by atoms with Gasteiger partial charge in [-0.1, -0.05) is 11.6 Å². The van der Waals surface area contributed by atoms with Gasteiger partial charge < -0.3 is 15.2 Å². The second-order valence-electron chi connectivity index (χ2n) is 5.58. The number of hydrogen-bond donors (Lipinski definition) is 2. The second-order valence-corrected chi connectivity index (χ2v) is 6.02. The largest absolute Gasteiger partial charge is 0.353 e. The molecule has 1 aliphatic rings. The topological polar surface area (TPSA) is 59.0 Å². The van der Waals surface area contributed by atoms with Crippen LogP contribution in [0.15, 0.2) is 55.0 Å². The lowest BCUT2D eigenvalue weighted by molar-refractivity contribution is 0.0929. The highest BCUT2D eigenvalue weighted by Gasteiger charge is 2.25. The monoisotopic (exact) mass is 338 g/mol. The Morgan fingerprint density at radius 3 is 2.62 bits per heavy atom. The Morgan fingerprint density at radius 2 is 1.88 bits per heavy atom. The van der Waals surface area contributed by atoms with Crippen molar-refractivity contribution in [3.05, 3.63) is 65.7 Å². The molecule has 120 valence electrons. The van der Waals surface area contributed by atoms with Crippen LogP contribution in [0.3, 0.4) is 0 Å². The predicted octanol–water partition coefficient (Wildman–Crippen LogP) is 3.69. The summed E-state index contributed by atoms with van der Waals surface area (Å²) >= 11 is 5.96. The van der Waals surface area contributed by atoms with Crippen LogP contribution in [0.25, 0.3) is 11.1 Å². The summed E-state index contributed by atoms with van der Waals surface area (Å²) < 4.78 is 1.99. The number of nitrogens with zero attached hydrogens (tertiary/aromatic N) is 2. The van der Waals surface area contributed by atoms with Crippen molar-refractivity contribution in [1.29, 1.82) is 0 Å². The number of carbonyl (C=O) groups is 1. The van der Waals surface area contributed by atoms with Crippen LogP contribution in [-0.4, -0.2) is 22.0 Å². The van der Waals surface area contributed by atoms with Crippen LogP contribution in [0.5, 0.6) is 0 Å². The number of halogens is 1. The number of nitrogens with one attached hydrogen (secondary N) is 2. The maximum atomic E-state index is 12.4. The van der Waals surface area contributed by atoms with E-state index in [2.05, 4.69) is 15.6 Å². The Morgan fingerprint density at radius 1 is 1.12 bits per heavy atom. The van der Waals surface area contributed by atoms with Crippen molar-refractivity contribution in [3.8, 4) is 11.1 Å². The molecule has 5 nitrogen and oxygen atoms in total. The van der Waals surface area contributed by atoms with Crippen LogP contribution in [0.1, 0.15) is 10.5 Å². The van der Waals surface area contributed by atoms with E-state index in [0.29, 0.717) is 17.3 Å². The van der Waals surface area contributed by atoms with E-state index >= 15 is 0 Å². The fraction of sp³-hybridized carbons (Fsp3) is 0.111. The van der Waals surface area contributed by atoms with Crippen LogP contribution < -0.4 is 10.6 Å². The molecule has 0 atom stereocenters. The van der Waals surface area contributed by atoms with E-state index in [1.54, 1.807) is 12.4 Å². The minimum atomic E-state index is -0.0713. The van der Waals surface area contributed by atoms with Gasteiger partial charge in [0.05, 0.1) is 5.69 Å². The first-order valence-electron chi connectivity index (χ1n) is 7.67. The van der Waals surface area contributed by atoms with Gasteiger partial charge in [-0.2, -0.15) is 0 Å². The molecule has 6 heteroatoms. The van der Waals surface area contributed by atoms with Gasteiger partial charge in [0.25, 0.3) is 5.91 Å². The lowest BCUT2D eigenvalue weighted by Crippen LogP contribution is -2.35. The minimum Gasteiger partial charge on any atom is -0.353 e. The van der Waals surface area contributed by atoms with E-state index in [-0.39, 0.29) is 5.91 Å². The zero-order valence-electron chi connectivity index (χ0n) is 12.8. The highest BCUT2D eigenvalue weighted by atomic mass is 35.5. The van der Waals surface area contributed by atoms with Gasteiger partial charge in [0.15, 0.2) is 0 Å². The number of amides is 1. The van der Waals surface area contributed by atoms with Gasteiger partial charge in [-0.05, 0) is 42.0 Å². The summed E-state index contributed by atoms with van der Waals surface area (Å²) in [5.41, 5.74) is 4.29. The van der Waals surface area contributed by atoms with Crippen molar-refractivity contribution in [2.24, 2.45) is 0 Å². The zero-order valence-corrected chi connectivity index (χ0v) is 13.5. The van der Waals surface area contributed by atoms with E-state index in [1.165, 1.54) is 0 Å². The molecule has 0 aliphatic carbocycles. The molecule has 0 spiro atoms. The van der Waals surface area contributed by atoms with Crippen molar-refractivity contribution >= 4 is 28.9 Å². The van der Waals surface area contributed by atoms with E-state index < -0.39 is 0 Å². The normalized spacial score (nSPS) is 13.3. The second kappa shape index (κ2) is 6.02. The van der Waals surface area contributed by atoms with Gasteiger partial charge in [-0.15, -0.1) is 0 Å². The van der Waals surface area contributed by atoms with E-state index in [0.717, 1.165) is 29.0 Å². The molecular weight excluding hydrogens is 324 g/mol. The van der Waals surface area contributed by atoms with E-state index in [1.807, 2.05) is 47.2 Å². The third-order valence-electron chi connectivity index (χ3n) is 4.04. The van der Waals surface area contributed by atoms with Gasteiger partial charge >= 0.3 is 0 Å². The fourth-order valence-electron chi connectivity index (χ4n) is 2.90. The van der Waals surface area contributed by atoms with Crippen LogP contribution in [0.2, 0.25) is 5.02 Å². The highest BCUT2D eigenvalue weighted by Crippen LogP contribution is 2.36. The average molecular weight is 339 g/mol. The van der Waals surface area contributed by atoms with E-state index in [4.69, 9.17) is 11.6 Å². The van der Waals surface area contributed by atoms with Crippen LogP contribution in [0.4, 0.5) is 11.4 Å². The Balaban J connectivity index is 1.85. The van der Waals surface area contributed by atoms with Crippen molar-refractivity contribution in [1.82, 2.24) is 14.9 Å². The molecule has 0 saturated carbocycles. The molecule has 4 rings (SSSR count). The summed E-state index contributed by atoms with van der Waals surface area (Å²) in [7, 11) is 0. The number of benzene rings is 1. The zero-order chi connectivity index (χ0) is 16.5. The van der Waals surface area contributed by atoms with Gasteiger partial charge in [-0.3, -0.25) is 9.78 Å². The molecule has 24 heavy (non-hydrogen) atoms. The molecule has 0 unspecified atom stereocenters. The summed E-state index contributed by atoms with van der Waals surface area (Å²) in [5, 5.41) is 6.95. The number of hydrogen-bond acceptors (Lipinski definition) is 3. The Hall–Kier alpha value is -2.79. The fourth-order valence-corrected chi connectivity index (χ4v) is 3.03. The SMILES string of the molecule is O=C1NCCn2cc(-c3ccncc3)c(Nc3ccc(Cl)cc3)c21. The molecule has 0 saturated heterocycles. The summed E-state index contributed by atoms with van der Waals surface area (Å²) in [6.45, 7) is 1.39. The summed E-state index contributed by atoms with van der Waals surface area (Å²) in [4.78, 5) is 16.5. The highest BCUT2D eigenvalue weighted by molar-refractivity contribution is 6.30. The quantitative estimate of drug-likeness (QED) is 0.765. The number of fused-ring (bicyclic) bond motifs is 1. The van der Waals surface area contributed by atoms with Crippen molar-refractivity contribution in [2.45, 2.75) is 6.54 Å². The molecular formula is C18H15ClN4O. The standard InChI is InChI=1S/C18H15ClN4O/c19-13-1-3-14(4-2-13)22-16-15(12-5-7-20-8-6-12)11-23-10-9-21-18(24)17(16)23/h1-8,11,22H,9-10H2,(H,21,24). The Labute approximate surface area is 144 Å². The number of anilines is 2. The smallest absolute Gasteiger partial charge is 0.270 e. The maximum Gasteiger partial charge on any atom is 0.270 e. The molecule has 1 aliphatic heterocycles. The van der Waals surface area contributed by atoms with Gasteiger partial charge in [0.1, 0.15) is 5.69 Å². The average Bonchev–Trinajstić information content (AvgIpc) is 2.98. The predicted molar refractivity (Wildman–Crippen MR) is 94.7 cm³/mol. The molecule has 3 aromatic rings. The number of rotatable bonds is 3. The first kappa shape index (κ1) is 14.8. The van der Waals surface area contributed by atoms with Crippen LogP contribution >= 0.6 is 11.6 Å². The molecule has 3 heterocycles. The van der Waals surface area contributed by atoms with Crippen molar-refractivity contribution in [3.63, 3.8) is 0 Å². The number of carbonyl (C=O) groups excluding carboxylic acids is 1. The summed E-state index contributed by atoms with van der Waals surface area (Å²) in [5.74, 6) is -0.0713. The number of aromatic nitrogens is 2. The Kier molecular flexibility index (Phi) is 3.70. The van der Waals surface area contributed by atoms with Gasteiger partial charge in [0.2, 0.25) is 0 Å². The maximum absolute atomic E-state index is 12.4. The van der Waals surface area contributed by atoms with Gasteiger partial charge in [-0.25, -0.2) is 0 Å². The molecule has 1 aromatic carbocycles. The minimum absolute atomic E-state index is 0.0713. The van der Waals surface area contributed by atoms with E-state index in [9.17, 15) is 4.79 Å². The van der Waals surface area contributed by atoms with Gasteiger partial charge in [0, 0.05) is 48.0 Å². The molecule has 1 amide bonds. The summed E-state index contributed by atoms with van der Waals surface area (Å²) in [6.07, 6.45) is 5.51. The molecule has 2 N–H and O–H groups in total. The van der Waals surface area contributed by atoms with Crippen LogP contribution in [0, 0.1) is 0 Å². The van der Waals surface area contributed by atoms with Crippen molar-refractivity contribution < 1.29 is 4.79 Å². The third kappa shape index (κ3) is 2.63. The molecule has 0 fully saturated rings. The molecule has 0 bridgehead atoms. The Bertz CT molecular complexity index is 887. The molecule has 0 radical (unpaired) electrons. The number of pyridine rings is 1. The lowest BCUT2D eigenvalue weighted by Gasteiger charge is -2.17. The molecule has 2 aromatic heterocycles.